The largest absolute Gasteiger partial charge is 0.384 e. The first kappa shape index (κ1) is 13.8. The summed E-state index contributed by atoms with van der Waals surface area (Å²) in [6.07, 6.45) is -0.601. The van der Waals surface area contributed by atoms with Crippen LogP contribution in [-0.2, 0) is 0 Å². The Hall–Kier alpha value is -0.580. The maximum atomic E-state index is 10.5. The summed E-state index contributed by atoms with van der Waals surface area (Å²) < 4.78 is 1.12. The van der Waals surface area contributed by atoms with E-state index in [9.17, 15) is 5.11 Å². The molecule has 1 N–H and O–H groups in total. The number of rotatable bonds is 2. The van der Waals surface area contributed by atoms with E-state index in [1.807, 2.05) is 50.2 Å². The third-order valence-electron chi connectivity index (χ3n) is 3.01. The fourth-order valence-electron chi connectivity index (χ4n) is 1.95. The molecule has 0 aliphatic rings. The zero-order valence-electron chi connectivity index (χ0n) is 10.2. The van der Waals surface area contributed by atoms with Gasteiger partial charge in [-0.2, -0.15) is 0 Å². The fourth-order valence-corrected chi connectivity index (χ4v) is 2.74. The molecule has 0 saturated carbocycles. The molecule has 1 nitrogen and oxygen atoms in total. The van der Waals surface area contributed by atoms with Gasteiger partial charge in [-0.25, -0.2) is 0 Å². The van der Waals surface area contributed by atoms with Crippen molar-refractivity contribution in [2.45, 2.75) is 20.0 Å². The van der Waals surface area contributed by atoms with Crippen molar-refractivity contribution in [1.29, 1.82) is 0 Å². The number of hydrogen-bond donors (Lipinski definition) is 1. The predicted octanol–water partition coefficient (Wildman–Crippen LogP) is 4.64. The molecule has 3 heteroatoms. The molecular formula is C15H14ClIO. The molecule has 2 aromatic rings. The Labute approximate surface area is 126 Å². The van der Waals surface area contributed by atoms with Gasteiger partial charge in [0.1, 0.15) is 6.10 Å². The SMILES string of the molecule is Cc1cc(C(O)c2cccc(I)c2)c(C)cc1Cl. The highest BCUT2D eigenvalue weighted by atomic mass is 127. The molecule has 1 unspecified atom stereocenters. The lowest BCUT2D eigenvalue weighted by Crippen LogP contribution is -2.03. The second-order valence-electron chi connectivity index (χ2n) is 4.42. The van der Waals surface area contributed by atoms with Crippen LogP contribution in [0.3, 0.4) is 0 Å². The van der Waals surface area contributed by atoms with Crippen molar-refractivity contribution in [2.24, 2.45) is 0 Å². The summed E-state index contributed by atoms with van der Waals surface area (Å²) in [5.41, 5.74) is 3.82. The minimum absolute atomic E-state index is 0.601. The summed E-state index contributed by atoms with van der Waals surface area (Å²) in [5, 5.41) is 11.2. The van der Waals surface area contributed by atoms with Crippen LogP contribution in [0.15, 0.2) is 36.4 Å². The molecule has 18 heavy (non-hydrogen) atoms. The topological polar surface area (TPSA) is 20.2 Å². The third-order valence-corrected chi connectivity index (χ3v) is 4.08. The van der Waals surface area contributed by atoms with Gasteiger partial charge in [0.15, 0.2) is 0 Å². The second-order valence-corrected chi connectivity index (χ2v) is 6.07. The van der Waals surface area contributed by atoms with Crippen molar-refractivity contribution in [3.8, 4) is 0 Å². The van der Waals surface area contributed by atoms with E-state index in [0.717, 1.165) is 30.8 Å². The molecule has 0 fully saturated rings. The highest BCUT2D eigenvalue weighted by Gasteiger charge is 2.14. The monoisotopic (exact) mass is 372 g/mol. The van der Waals surface area contributed by atoms with Gasteiger partial charge < -0.3 is 5.11 Å². The number of aliphatic hydroxyl groups excluding tert-OH is 1. The molecule has 94 valence electrons. The minimum atomic E-state index is -0.601. The molecule has 1 atom stereocenters. The fraction of sp³-hybridized carbons (Fsp3) is 0.200. The van der Waals surface area contributed by atoms with Crippen molar-refractivity contribution >= 4 is 34.2 Å². The van der Waals surface area contributed by atoms with Gasteiger partial charge in [-0.1, -0.05) is 29.8 Å². The smallest absolute Gasteiger partial charge is 0.104 e. The van der Waals surface area contributed by atoms with Crippen LogP contribution in [0.5, 0.6) is 0 Å². The Bertz CT molecular complexity index is 581. The molecule has 0 radical (unpaired) electrons. The molecular weight excluding hydrogens is 359 g/mol. The van der Waals surface area contributed by atoms with E-state index in [1.54, 1.807) is 0 Å². The van der Waals surface area contributed by atoms with Crippen molar-refractivity contribution < 1.29 is 5.11 Å². The first-order chi connectivity index (χ1) is 8.49. The zero-order valence-corrected chi connectivity index (χ0v) is 13.2. The van der Waals surface area contributed by atoms with Crippen LogP contribution in [0.1, 0.15) is 28.4 Å². The quantitative estimate of drug-likeness (QED) is 0.761. The average Bonchev–Trinajstić information content (AvgIpc) is 2.33. The average molecular weight is 373 g/mol. The molecule has 0 amide bonds. The van der Waals surface area contributed by atoms with E-state index in [4.69, 9.17) is 11.6 Å². The number of aliphatic hydroxyl groups is 1. The van der Waals surface area contributed by atoms with Gasteiger partial charge in [0.05, 0.1) is 0 Å². The Kier molecular flexibility index (Phi) is 4.30. The molecule has 0 aromatic heterocycles. The Morgan fingerprint density at radius 2 is 1.83 bits per heavy atom. The van der Waals surface area contributed by atoms with Crippen LogP contribution in [-0.4, -0.2) is 5.11 Å². The van der Waals surface area contributed by atoms with E-state index in [0.29, 0.717) is 0 Å². The summed E-state index contributed by atoms with van der Waals surface area (Å²) in [5.74, 6) is 0. The third kappa shape index (κ3) is 2.87. The first-order valence-corrected chi connectivity index (χ1v) is 7.15. The van der Waals surface area contributed by atoms with E-state index in [1.165, 1.54) is 0 Å². The van der Waals surface area contributed by atoms with Crippen molar-refractivity contribution in [1.82, 2.24) is 0 Å². The van der Waals surface area contributed by atoms with Gasteiger partial charge in [-0.15, -0.1) is 0 Å². The number of hydrogen-bond acceptors (Lipinski definition) is 1. The van der Waals surface area contributed by atoms with Crippen LogP contribution in [0.2, 0.25) is 5.02 Å². The molecule has 2 aromatic carbocycles. The van der Waals surface area contributed by atoms with Gasteiger partial charge in [0.25, 0.3) is 0 Å². The number of halogens is 2. The summed E-state index contributed by atoms with van der Waals surface area (Å²) in [6.45, 7) is 3.92. The van der Waals surface area contributed by atoms with E-state index in [-0.39, 0.29) is 0 Å². The Balaban J connectivity index is 2.46. The molecule has 0 aliphatic carbocycles. The molecule has 0 bridgehead atoms. The lowest BCUT2D eigenvalue weighted by atomic mass is 9.96. The zero-order chi connectivity index (χ0) is 13.3. The standard InChI is InChI=1S/C15H14ClIO/c1-9-7-14(16)10(2)6-13(9)15(18)11-4-3-5-12(17)8-11/h3-8,15,18H,1-2H3. The Morgan fingerprint density at radius 1 is 1.11 bits per heavy atom. The lowest BCUT2D eigenvalue weighted by molar-refractivity contribution is 0.219. The van der Waals surface area contributed by atoms with E-state index < -0.39 is 6.10 Å². The highest BCUT2D eigenvalue weighted by Crippen LogP contribution is 2.29. The van der Waals surface area contributed by atoms with Crippen LogP contribution < -0.4 is 0 Å². The summed E-state index contributed by atoms with van der Waals surface area (Å²) in [4.78, 5) is 0. The predicted molar refractivity (Wildman–Crippen MR) is 84.1 cm³/mol. The maximum absolute atomic E-state index is 10.5. The van der Waals surface area contributed by atoms with Gasteiger partial charge in [-0.05, 0) is 76.9 Å². The number of aryl methyl sites for hydroxylation is 2. The molecule has 0 heterocycles. The lowest BCUT2D eigenvalue weighted by Gasteiger charge is -2.16. The molecule has 0 spiro atoms. The van der Waals surface area contributed by atoms with Crippen LogP contribution in [0.4, 0.5) is 0 Å². The Morgan fingerprint density at radius 3 is 2.50 bits per heavy atom. The highest BCUT2D eigenvalue weighted by molar-refractivity contribution is 14.1. The molecule has 0 aliphatic heterocycles. The second kappa shape index (κ2) is 5.59. The summed E-state index contributed by atoms with van der Waals surface area (Å²) >= 11 is 8.33. The van der Waals surface area contributed by atoms with E-state index >= 15 is 0 Å². The van der Waals surface area contributed by atoms with Crippen LogP contribution in [0, 0.1) is 17.4 Å². The molecule has 0 saturated heterocycles. The van der Waals surface area contributed by atoms with Crippen molar-refractivity contribution in [3.05, 3.63) is 67.2 Å². The molecule has 2 rings (SSSR count). The number of benzene rings is 2. The van der Waals surface area contributed by atoms with Gasteiger partial charge >= 0.3 is 0 Å². The van der Waals surface area contributed by atoms with Gasteiger partial charge in [-0.3, -0.25) is 0 Å². The van der Waals surface area contributed by atoms with Crippen LogP contribution >= 0.6 is 34.2 Å². The summed E-state index contributed by atoms with van der Waals surface area (Å²) in [6, 6.07) is 11.8. The minimum Gasteiger partial charge on any atom is -0.384 e. The summed E-state index contributed by atoms with van der Waals surface area (Å²) in [7, 11) is 0. The van der Waals surface area contributed by atoms with Crippen molar-refractivity contribution in [3.63, 3.8) is 0 Å². The van der Waals surface area contributed by atoms with Gasteiger partial charge in [0.2, 0.25) is 0 Å². The van der Waals surface area contributed by atoms with E-state index in [2.05, 4.69) is 22.6 Å². The van der Waals surface area contributed by atoms with Crippen LogP contribution in [0.25, 0.3) is 0 Å². The first-order valence-electron chi connectivity index (χ1n) is 5.69. The maximum Gasteiger partial charge on any atom is 0.104 e. The normalized spacial score (nSPS) is 12.5. The van der Waals surface area contributed by atoms with Gasteiger partial charge in [0, 0.05) is 8.59 Å². The van der Waals surface area contributed by atoms with Crippen molar-refractivity contribution in [2.75, 3.05) is 0 Å².